The van der Waals surface area contributed by atoms with Gasteiger partial charge in [-0.25, -0.2) is 4.68 Å². The van der Waals surface area contributed by atoms with Crippen LogP contribution in [-0.2, 0) is 10.3 Å². The number of hydrogen-bond acceptors (Lipinski definition) is 4. The molecular weight excluding hydrogens is 364 g/mol. The zero-order valence-corrected chi connectivity index (χ0v) is 17.7. The van der Waals surface area contributed by atoms with Crippen molar-refractivity contribution in [1.29, 1.82) is 0 Å². The van der Waals surface area contributed by atoms with Gasteiger partial charge in [-0.1, -0.05) is 43.2 Å². The fraction of sp³-hybridized carbons (Fsp3) is 0.375. The van der Waals surface area contributed by atoms with E-state index in [1.165, 1.54) is 5.56 Å². The van der Waals surface area contributed by atoms with E-state index in [-0.39, 0.29) is 0 Å². The number of ether oxygens (including phenoxy) is 2. The lowest BCUT2D eigenvalue weighted by Gasteiger charge is -2.25. The van der Waals surface area contributed by atoms with Crippen molar-refractivity contribution in [2.45, 2.75) is 38.7 Å². The van der Waals surface area contributed by atoms with Crippen LogP contribution in [0.3, 0.4) is 0 Å². The second kappa shape index (κ2) is 9.25. The fourth-order valence-corrected chi connectivity index (χ4v) is 3.52. The maximum Gasteiger partial charge on any atom is 0.119 e. The van der Waals surface area contributed by atoms with Gasteiger partial charge in [-0.05, 0) is 43.7 Å². The summed E-state index contributed by atoms with van der Waals surface area (Å²) in [6.07, 6.45) is 1.99. The Morgan fingerprint density at radius 3 is 2.28 bits per heavy atom. The first-order valence-corrected chi connectivity index (χ1v) is 10.0. The Morgan fingerprint density at radius 1 is 1.00 bits per heavy atom. The SMILES string of the molecule is CCCC(O)(CCOC)c1cc(-c2ccc(C)cc2)n(-c2ccc(OC)cc2)n1. The molecule has 0 saturated carbocycles. The molecule has 0 amide bonds. The molecule has 0 aliphatic carbocycles. The Bertz CT molecular complexity index is 916. The summed E-state index contributed by atoms with van der Waals surface area (Å²) in [5, 5.41) is 16.2. The van der Waals surface area contributed by atoms with E-state index >= 15 is 0 Å². The van der Waals surface area contributed by atoms with Crippen LogP contribution < -0.4 is 4.74 Å². The van der Waals surface area contributed by atoms with Gasteiger partial charge in [-0.2, -0.15) is 5.10 Å². The minimum Gasteiger partial charge on any atom is -0.497 e. The molecular formula is C24H30N2O3. The molecule has 1 heterocycles. The van der Waals surface area contributed by atoms with Crippen molar-refractivity contribution in [2.75, 3.05) is 20.8 Å². The highest BCUT2D eigenvalue weighted by atomic mass is 16.5. The first kappa shape index (κ1) is 21.1. The van der Waals surface area contributed by atoms with Crippen molar-refractivity contribution >= 4 is 0 Å². The summed E-state index contributed by atoms with van der Waals surface area (Å²) in [7, 11) is 3.31. The van der Waals surface area contributed by atoms with Crippen LogP contribution in [0.25, 0.3) is 16.9 Å². The Hall–Kier alpha value is -2.63. The van der Waals surface area contributed by atoms with E-state index in [2.05, 4.69) is 38.1 Å². The molecule has 29 heavy (non-hydrogen) atoms. The molecule has 3 aromatic rings. The second-order valence-corrected chi connectivity index (χ2v) is 7.42. The lowest BCUT2D eigenvalue weighted by atomic mass is 9.90. The lowest BCUT2D eigenvalue weighted by molar-refractivity contribution is -0.00801. The number of methoxy groups -OCH3 is 2. The number of aromatic nitrogens is 2. The summed E-state index contributed by atoms with van der Waals surface area (Å²) in [6, 6.07) is 18.1. The molecule has 1 aromatic heterocycles. The van der Waals surface area contributed by atoms with Gasteiger partial charge in [0.15, 0.2) is 0 Å². The van der Waals surface area contributed by atoms with E-state index in [4.69, 9.17) is 14.6 Å². The highest BCUT2D eigenvalue weighted by molar-refractivity contribution is 5.63. The van der Waals surface area contributed by atoms with Gasteiger partial charge in [0.05, 0.1) is 24.2 Å². The van der Waals surface area contributed by atoms with E-state index < -0.39 is 5.60 Å². The molecule has 0 aliphatic rings. The largest absolute Gasteiger partial charge is 0.497 e. The third-order valence-electron chi connectivity index (χ3n) is 5.23. The van der Waals surface area contributed by atoms with Crippen molar-refractivity contribution in [3.05, 3.63) is 65.9 Å². The molecule has 5 nitrogen and oxygen atoms in total. The molecule has 0 aliphatic heterocycles. The van der Waals surface area contributed by atoms with Crippen molar-refractivity contribution in [1.82, 2.24) is 9.78 Å². The first-order chi connectivity index (χ1) is 14.0. The molecule has 0 spiro atoms. The minimum absolute atomic E-state index is 0.478. The van der Waals surface area contributed by atoms with E-state index in [0.29, 0.717) is 25.1 Å². The van der Waals surface area contributed by atoms with Crippen molar-refractivity contribution in [2.24, 2.45) is 0 Å². The predicted molar refractivity (Wildman–Crippen MR) is 116 cm³/mol. The standard InChI is InChI=1S/C24H30N2O3/c1-5-14-24(27,15-16-28-3)23-17-22(19-8-6-18(2)7-9-19)26(25-23)20-10-12-21(29-4)13-11-20/h6-13,17,27H,5,14-16H2,1-4H3. The van der Waals surface area contributed by atoms with Crippen molar-refractivity contribution in [3.8, 4) is 22.7 Å². The number of nitrogens with zero attached hydrogens (tertiary/aromatic N) is 2. The van der Waals surface area contributed by atoms with Crippen LogP contribution in [0.4, 0.5) is 0 Å². The van der Waals surface area contributed by atoms with Crippen LogP contribution in [0.5, 0.6) is 5.75 Å². The van der Waals surface area contributed by atoms with Crippen LogP contribution in [0.2, 0.25) is 0 Å². The molecule has 3 rings (SSSR count). The van der Waals surface area contributed by atoms with Gasteiger partial charge in [0.25, 0.3) is 0 Å². The van der Waals surface area contributed by atoms with E-state index in [9.17, 15) is 5.11 Å². The monoisotopic (exact) mass is 394 g/mol. The quantitative estimate of drug-likeness (QED) is 0.562. The molecule has 1 unspecified atom stereocenters. The van der Waals surface area contributed by atoms with Gasteiger partial charge in [0.1, 0.15) is 11.4 Å². The predicted octanol–water partition coefficient (Wildman–Crippen LogP) is 4.88. The zero-order valence-electron chi connectivity index (χ0n) is 17.7. The summed E-state index contributed by atoms with van der Waals surface area (Å²) in [6.45, 7) is 4.62. The van der Waals surface area contributed by atoms with Crippen LogP contribution in [0, 0.1) is 6.92 Å². The van der Waals surface area contributed by atoms with Crippen LogP contribution >= 0.6 is 0 Å². The molecule has 1 atom stereocenters. The molecule has 0 fully saturated rings. The first-order valence-electron chi connectivity index (χ1n) is 10.0. The average molecular weight is 395 g/mol. The molecule has 0 bridgehead atoms. The second-order valence-electron chi connectivity index (χ2n) is 7.42. The van der Waals surface area contributed by atoms with Crippen LogP contribution in [0.1, 0.15) is 37.4 Å². The molecule has 5 heteroatoms. The number of rotatable bonds is 9. The number of aliphatic hydroxyl groups is 1. The van der Waals surface area contributed by atoms with Crippen molar-refractivity contribution in [3.63, 3.8) is 0 Å². The van der Waals surface area contributed by atoms with Gasteiger partial charge in [0, 0.05) is 25.7 Å². The molecule has 2 aromatic carbocycles. The number of benzene rings is 2. The number of aryl methyl sites for hydroxylation is 1. The highest BCUT2D eigenvalue weighted by Crippen LogP contribution is 2.34. The Labute approximate surface area is 172 Å². The number of hydrogen-bond donors (Lipinski definition) is 1. The van der Waals surface area contributed by atoms with Crippen molar-refractivity contribution < 1.29 is 14.6 Å². The molecule has 0 saturated heterocycles. The molecule has 0 radical (unpaired) electrons. The van der Waals surface area contributed by atoms with Gasteiger partial charge < -0.3 is 14.6 Å². The Kier molecular flexibility index (Phi) is 6.72. The average Bonchev–Trinajstić information content (AvgIpc) is 3.19. The smallest absolute Gasteiger partial charge is 0.119 e. The molecule has 1 N–H and O–H groups in total. The summed E-state index contributed by atoms with van der Waals surface area (Å²) < 4.78 is 12.4. The van der Waals surface area contributed by atoms with Crippen LogP contribution in [0.15, 0.2) is 54.6 Å². The van der Waals surface area contributed by atoms with E-state index in [0.717, 1.165) is 29.1 Å². The van der Waals surface area contributed by atoms with Gasteiger partial charge in [0.2, 0.25) is 0 Å². The summed E-state index contributed by atoms with van der Waals surface area (Å²) in [5.41, 5.74) is 3.75. The topological polar surface area (TPSA) is 56.5 Å². The minimum atomic E-state index is -1.03. The van der Waals surface area contributed by atoms with E-state index in [1.807, 2.05) is 35.0 Å². The lowest BCUT2D eigenvalue weighted by Crippen LogP contribution is -2.28. The van der Waals surface area contributed by atoms with E-state index in [1.54, 1.807) is 14.2 Å². The zero-order chi connectivity index (χ0) is 20.9. The Morgan fingerprint density at radius 2 is 1.69 bits per heavy atom. The third kappa shape index (κ3) is 4.69. The van der Waals surface area contributed by atoms with Gasteiger partial charge in [-0.15, -0.1) is 0 Å². The third-order valence-corrected chi connectivity index (χ3v) is 5.23. The summed E-state index contributed by atoms with van der Waals surface area (Å²) >= 11 is 0. The normalized spacial score (nSPS) is 13.3. The molecule has 154 valence electrons. The van der Waals surface area contributed by atoms with Crippen LogP contribution in [-0.4, -0.2) is 35.7 Å². The highest BCUT2D eigenvalue weighted by Gasteiger charge is 2.32. The Balaban J connectivity index is 2.12. The van der Waals surface area contributed by atoms with Gasteiger partial charge in [-0.3, -0.25) is 0 Å². The maximum atomic E-state index is 11.4. The maximum absolute atomic E-state index is 11.4. The summed E-state index contributed by atoms with van der Waals surface area (Å²) in [4.78, 5) is 0. The fourth-order valence-electron chi connectivity index (χ4n) is 3.52. The summed E-state index contributed by atoms with van der Waals surface area (Å²) in [5.74, 6) is 0.792. The van der Waals surface area contributed by atoms with Gasteiger partial charge >= 0.3 is 0 Å².